The minimum Gasteiger partial charge on any atom is -0.465 e. The molecule has 0 saturated heterocycles. The summed E-state index contributed by atoms with van der Waals surface area (Å²) < 4.78 is 6.68. The molecule has 0 aliphatic carbocycles. The van der Waals surface area contributed by atoms with E-state index >= 15 is 0 Å². The molecule has 0 radical (unpaired) electrons. The number of nitrogens with two attached hydrogens (primary N) is 1. The van der Waals surface area contributed by atoms with Crippen molar-refractivity contribution in [1.29, 1.82) is 0 Å². The van der Waals surface area contributed by atoms with Crippen LogP contribution in [0.3, 0.4) is 0 Å². The van der Waals surface area contributed by atoms with E-state index in [4.69, 9.17) is 10.5 Å². The first-order chi connectivity index (χ1) is 8.17. The number of rotatable bonds is 7. The molecule has 0 bridgehead atoms. The average molecular weight is 293 g/mol. The van der Waals surface area contributed by atoms with E-state index in [2.05, 4.69) is 10.2 Å². The summed E-state index contributed by atoms with van der Waals surface area (Å²) >= 11 is 4.69. The molecule has 1 atom stereocenters. The summed E-state index contributed by atoms with van der Waals surface area (Å²) in [7, 11) is 0. The second-order valence-electron chi connectivity index (χ2n) is 3.03. The fraction of sp³-hybridized carbons (Fsp3) is 0.667. The molecule has 96 valence electrons. The molecule has 8 heteroatoms. The zero-order valence-electron chi connectivity index (χ0n) is 9.71. The predicted octanol–water partition coefficient (Wildman–Crippen LogP) is 1.63. The number of aromatic nitrogens is 2. The van der Waals surface area contributed by atoms with Crippen molar-refractivity contribution >= 4 is 40.8 Å². The van der Waals surface area contributed by atoms with Gasteiger partial charge < -0.3 is 10.5 Å². The summed E-state index contributed by atoms with van der Waals surface area (Å²) in [6.45, 7) is 2.14. The van der Waals surface area contributed by atoms with Crippen LogP contribution in [0.2, 0.25) is 0 Å². The zero-order valence-corrected chi connectivity index (χ0v) is 12.2. The molecule has 0 aliphatic rings. The number of hydrogen-bond acceptors (Lipinski definition) is 8. The van der Waals surface area contributed by atoms with E-state index in [1.54, 1.807) is 41.8 Å². The van der Waals surface area contributed by atoms with Crippen LogP contribution in [0.15, 0.2) is 8.68 Å². The molecule has 0 fully saturated rings. The molecule has 5 nitrogen and oxygen atoms in total. The Hall–Kier alpha value is -0.310. The highest BCUT2D eigenvalue weighted by Crippen LogP contribution is 2.27. The van der Waals surface area contributed by atoms with E-state index in [0.29, 0.717) is 13.0 Å². The van der Waals surface area contributed by atoms with E-state index in [0.717, 1.165) is 14.4 Å². The predicted molar refractivity (Wildman–Crippen MR) is 71.6 cm³/mol. The van der Waals surface area contributed by atoms with Gasteiger partial charge in [-0.25, -0.2) is 0 Å². The second-order valence-corrected chi connectivity index (χ2v) is 6.41. The third-order valence-electron chi connectivity index (χ3n) is 1.81. The van der Waals surface area contributed by atoms with Gasteiger partial charge in [-0.3, -0.25) is 4.79 Å². The van der Waals surface area contributed by atoms with E-state index in [1.165, 1.54) is 0 Å². The molecule has 1 heterocycles. The topological polar surface area (TPSA) is 78.1 Å². The highest BCUT2D eigenvalue weighted by molar-refractivity contribution is 8.02. The molecule has 0 amide bonds. The first kappa shape index (κ1) is 14.7. The lowest BCUT2D eigenvalue weighted by molar-refractivity contribution is -0.144. The van der Waals surface area contributed by atoms with Gasteiger partial charge in [0.25, 0.3) is 0 Å². The summed E-state index contributed by atoms with van der Waals surface area (Å²) in [5, 5.41) is 8.00. The zero-order chi connectivity index (χ0) is 12.7. The Balaban J connectivity index is 2.25. The van der Waals surface area contributed by atoms with Crippen LogP contribution >= 0.6 is 34.9 Å². The number of carbonyl (C=O) groups is 1. The van der Waals surface area contributed by atoms with Gasteiger partial charge in [0.05, 0.1) is 6.61 Å². The maximum Gasteiger partial charge on any atom is 0.322 e. The van der Waals surface area contributed by atoms with E-state index < -0.39 is 6.04 Å². The molecule has 1 unspecified atom stereocenters. The van der Waals surface area contributed by atoms with Gasteiger partial charge in [-0.1, -0.05) is 34.9 Å². The molecule has 1 rings (SSSR count). The minimum absolute atomic E-state index is 0.338. The Morgan fingerprint density at radius 1 is 1.53 bits per heavy atom. The van der Waals surface area contributed by atoms with E-state index in [1.807, 2.05) is 6.26 Å². The highest BCUT2D eigenvalue weighted by Gasteiger charge is 2.14. The SMILES string of the molecule is CCOC(=O)C(N)CCSc1nnc(SC)s1. The number of carbonyl (C=O) groups excluding carboxylic acids is 1. The van der Waals surface area contributed by atoms with E-state index in [9.17, 15) is 4.79 Å². The minimum atomic E-state index is -0.546. The molecule has 17 heavy (non-hydrogen) atoms. The number of ether oxygens (including phenoxy) is 1. The smallest absolute Gasteiger partial charge is 0.322 e. The third kappa shape index (κ3) is 5.24. The quantitative estimate of drug-likeness (QED) is 0.604. The maximum absolute atomic E-state index is 11.3. The molecule has 0 spiro atoms. The molecule has 0 aromatic carbocycles. The molecular weight excluding hydrogens is 278 g/mol. The lowest BCUT2D eigenvalue weighted by Gasteiger charge is -2.08. The van der Waals surface area contributed by atoms with Crippen molar-refractivity contribution in [1.82, 2.24) is 10.2 Å². The van der Waals surface area contributed by atoms with Gasteiger partial charge >= 0.3 is 5.97 Å². The Morgan fingerprint density at radius 3 is 2.82 bits per heavy atom. The van der Waals surface area contributed by atoms with Gasteiger partial charge in [0.15, 0.2) is 8.68 Å². The van der Waals surface area contributed by atoms with Crippen LogP contribution in [-0.2, 0) is 9.53 Å². The first-order valence-corrected chi connectivity index (χ1v) is 8.12. The van der Waals surface area contributed by atoms with Gasteiger partial charge in [0.2, 0.25) is 0 Å². The summed E-state index contributed by atoms with van der Waals surface area (Å²) in [5.41, 5.74) is 5.67. The fourth-order valence-electron chi connectivity index (χ4n) is 0.978. The lowest BCUT2D eigenvalue weighted by atomic mass is 10.2. The maximum atomic E-state index is 11.3. The standard InChI is InChI=1S/C9H15N3O2S3/c1-3-14-7(13)6(10)4-5-16-9-12-11-8(15-2)17-9/h6H,3-5,10H2,1-2H3. The number of esters is 1. The van der Waals surface area contributed by atoms with Crippen LogP contribution in [0, 0.1) is 0 Å². The van der Waals surface area contributed by atoms with Crippen LogP contribution in [0.5, 0.6) is 0 Å². The third-order valence-corrected chi connectivity index (χ3v) is 4.87. The van der Waals surface area contributed by atoms with Crippen LogP contribution in [0.1, 0.15) is 13.3 Å². The lowest BCUT2D eigenvalue weighted by Crippen LogP contribution is -2.32. The van der Waals surface area contributed by atoms with Crippen molar-refractivity contribution in [2.24, 2.45) is 5.73 Å². The monoisotopic (exact) mass is 293 g/mol. The molecular formula is C9H15N3O2S3. The Kier molecular flexibility index (Phi) is 6.86. The normalized spacial score (nSPS) is 12.4. The van der Waals surface area contributed by atoms with Crippen molar-refractivity contribution in [3.8, 4) is 0 Å². The van der Waals surface area contributed by atoms with Crippen molar-refractivity contribution in [2.45, 2.75) is 28.1 Å². The van der Waals surface area contributed by atoms with Crippen LogP contribution in [0.25, 0.3) is 0 Å². The largest absolute Gasteiger partial charge is 0.465 e. The molecule has 2 N–H and O–H groups in total. The molecule has 1 aromatic heterocycles. The van der Waals surface area contributed by atoms with Crippen LogP contribution < -0.4 is 5.73 Å². The van der Waals surface area contributed by atoms with E-state index in [-0.39, 0.29) is 5.97 Å². The summed E-state index contributed by atoms with van der Waals surface area (Å²) in [5.74, 6) is 0.401. The number of hydrogen-bond donors (Lipinski definition) is 1. The van der Waals surface area contributed by atoms with Gasteiger partial charge in [0, 0.05) is 5.75 Å². The fourth-order valence-corrected chi connectivity index (χ4v) is 3.51. The van der Waals surface area contributed by atoms with Crippen molar-refractivity contribution in [3.05, 3.63) is 0 Å². The second kappa shape index (κ2) is 7.91. The molecule has 0 saturated carbocycles. The van der Waals surface area contributed by atoms with Crippen LogP contribution in [0.4, 0.5) is 0 Å². The van der Waals surface area contributed by atoms with Crippen molar-refractivity contribution in [2.75, 3.05) is 18.6 Å². The highest BCUT2D eigenvalue weighted by atomic mass is 32.2. The summed E-state index contributed by atoms with van der Waals surface area (Å²) in [6, 6.07) is -0.546. The summed E-state index contributed by atoms with van der Waals surface area (Å²) in [4.78, 5) is 11.3. The number of nitrogens with zero attached hydrogens (tertiary/aromatic N) is 2. The van der Waals surface area contributed by atoms with Gasteiger partial charge in [-0.2, -0.15) is 0 Å². The molecule has 0 aliphatic heterocycles. The van der Waals surface area contributed by atoms with Crippen molar-refractivity contribution in [3.63, 3.8) is 0 Å². The summed E-state index contributed by atoms with van der Waals surface area (Å²) in [6.07, 6.45) is 2.54. The Labute approximate surface area is 113 Å². The Morgan fingerprint density at radius 2 is 2.24 bits per heavy atom. The van der Waals surface area contributed by atoms with Gasteiger partial charge in [0.1, 0.15) is 6.04 Å². The average Bonchev–Trinajstić information content (AvgIpc) is 2.77. The number of thioether (sulfide) groups is 2. The van der Waals surface area contributed by atoms with Gasteiger partial charge in [-0.15, -0.1) is 10.2 Å². The van der Waals surface area contributed by atoms with Gasteiger partial charge in [-0.05, 0) is 19.6 Å². The van der Waals surface area contributed by atoms with Crippen LogP contribution in [-0.4, -0.2) is 40.8 Å². The van der Waals surface area contributed by atoms with Crippen molar-refractivity contribution < 1.29 is 9.53 Å². The molecule has 1 aromatic rings. The Bertz CT molecular complexity index is 359. The first-order valence-electron chi connectivity index (χ1n) is 5.09.